The van der Waals surface area contributed by atoms with Crippen LogP contribution < -0.4 is 10.6 Å². The lowest BCUT2D eigenvalue weighted by Gasteiger charge is -2.39. The van der Waals surface area contributed by atoms with Crippen LogP contribution in [-0.4, -0.2) is 41.1 Å². The van der Waals surface area contributed by atoms with Crippen molar-refractivity contribution in [1.82, 2.24) is 15.5 Å². The molecule has 30 heavy (non-hydrogen) atoms. The maximum Gasteiger partial charge on any atom is 0.191 e. The van der Waals surface area contributed by atoms with Crippen LogP contribution in [-0.2, 0) is 13.1 Å². The predicted octanol–water partition coefficient (Wildman–Crippen LogP) is 4.01. The van der Waals surface area contributed by atoms with Crippen molar-refractivity contribution in [1.29, 1.82) is 0 Å². The van der Waals surface area contributed by atoms with Gasteiger partial charge in [0.25, 0.3) is 0 Å². The van der Waals surface area contributed by atoms with Gasteiger partial charge in [-0.15, -0.1) is 24.0 Å². The molecule has 2 aromatic rings. The van der Waals surface area contributed by atoms with Gasteiger partial charge in [-0.2, -0.15) is 0 Å². The van der Waals surface area contributed by atoms with Gasteiger partial charge < -0.3 is 15.7 Å². The molecule has 2 atom stereocenters. The Morgan fingerprint density at radius 1 is 1.10 bits per heavy atom. The van der Waals surface area contributed by atoms with Crippen molar-refractivity contribution in [3.05, 3.63) is 65.5 Å². The van der Waals surface area contributed by atoms with Crippen LogP contribution >= 0.6 is 24.0 Å². The number of phenolic OH excluding ortho intramolecular Hbond substituents is 1. The molecular weight excluding hydrogens is 494 g/mol. The fourth-order valence-electron chi connectivity index (χ4n) is 4.68. The molecule has 3 N–H and O–H groups in total. The average molecular weight is 524 g/mol. The van der Waals surface area contributed by atoms with Gasteiger partial charge in [0.1, 0.15) is 0 Å². The number of hydrogen-bond donors (Lipinski definition) is 3. The molecule has 2 fully saturated rings. The van der Waals surface area contributed by atoms with Crippen LogP contribution in [0, 0.1) is 5.82 Å². The summed E-state index contributed by atoms with van der Waals surface area (Å²) in [6.45, 7) is 1.48. The first-order valence-electron chi connectivity index (χ1n) is 10.4. The van der Waals surface area contributed by atoms with Gasteiger partial charge in [-0.25, -0.2) is 4.39 Å². The number of phenols is 1. The Hall–Kier alpha value is -1.87. The molecular formula is C23H30FIN4O. The molecule has 0 spiro atoms. The summed E-state index contributed by atoms with van der Waals surface area (Å²) < 4.78 is 13.5. The molecule has 0 saturated carbocycles. The van der Waals surface area contributed by atoms with Crippen LogP contribution in [0.15, 0.2) is 53.5 Å². The summed E-state index contributed by atoms with van der Waals surface area (Å²) in [5.74, 6) is -0.192. The van der Waals surface area contributed by atoms with Crippen molar-refractivity contribution >= 4 is 29.9 Å². The molecule has 2 aliphatic heterocycles. The Bertz CT molecular complexity index is 850. The number of halogens is 2. The third-order valence-electron chi connectivity index (χ3n) is 6.13. The number of hydrogen-bond acceptors (Lipinski definition) is 3. The smallest absolute Gasteiger partial charge is 0.191 e. The van der Waals surface area contributed by atoms with Crippen molar-refractivity contribution < 1.29 is 9.50 Å². The average Bonchev–Trinajstić information content (AvgIpc) is 2.96. The second-order valence-corrected chi connectivity index (χ2v) is 8.07. The van der Waals surface area contributed by atoms with Gasteiger partial charge in [0, 0.05) is 38.3 Å². The molecule has 2 aliphatic rings. The van der Waals surface area contributed by atoms with E-state index < -0.39 is 5.82 Å². The summed E-state index contributed by atoms with van der Waals surface area (Å²) in [6, 6.07) is 16.8. The van der Waals surface area contributed by atoms with Crippen molar-refractivity contribution in [2.24, 2.45) is 4.99 Å². The summed E-state index contributed by atoms with van der Waals surface area (Å²) in [5, 5.41) is 16.1. The molecule has 2 unspecified atom stereocenters. The van der Waals surface area contributed by atoms with E-state index in [4.69, 9.17) is 0 Å². The van der Waals surface area contributed by atoms with Gasteiger partial charge in [0.15, 0.2) is 17.5 Å². The maximum atomic E-state index is 13.5. The van der Waals surface area contributed by atoms with Crippen LogP contribution in [0.25, 0.3) is 0 Å². The zero-order chi connectivity index (χ0) is 20.2. The SMILES string of the molecule is CN=C(NCc1ccc(O)c(F)c1)NC1CC2CCC(C1)N2Cc1ccccc1.I. The summed E-state index contributed by atoms with van der Waals surface area (Å²) in [5.41, 5.74) is 2.15. The monoisotopic (exact) mass is 524 g/mol. The molecule has 4 rings (SSSR count). The Balaban J connectivity index is 0.00000256. The van der Waals surface area contributed by atoms with E-state index in [1.807, 2.05) is 0 Å². The number of aromatic hydroxyl groups is 1. The Kier molecular flexibility index (Phi) is 7.93. The van der Waals surface area contributed by atoms with E-state index in [1.54, 1.807) is 13.1 Å². The van der Waals surface area contributed by atoms with E-state index in [2.05, 4.69) is 50.9 Å². The molecule has 0 amide bonds. The van der Waals surface area contributed by atoms with Gasteiger partial charge in [-0.05, 0) is 48.9 Å². The number of nitrogens with zero attached hydrogens (tertiary/aromatic N) is 2. The van der Waals surface area contributed by atoms with Crippen LogP contribution in [0.4, 0.5) is 4.39 Å². The molecule has 162 valence electrons. The van der Waals surface area contributed by atoms with Crippen molar-refractivity contribution in [2.45, 2.75) is 56.9 Å². The third kappa shape index (κ3) is 5.43. The molecule has 2 heterocycles. The second kappa shape index (κ2) is 10.4. The van der Waals surface area contributed by atoms with E-state index in [1.165, 1.54) is 30.5 Å². The molecule has 2 bridgehead atoms. The highest BCUT2D eigenvalue weighted by molar-refractivity contribution is 14.0. The molecule has 0 aromatic heterocycles. The van der Waals surface area contributed by atoms with Gasteiger partial charge in [0.05, 0.1) is 0 Å². The highest BCUT2D eigenvalue weighted by Crippen LogP contribution is 2.36. The highest BCUT2D eigenvalue weighted by Gasteiger charge is 2.40. The lowest BCUT2D eigenvalue weighted by atomic mass is 9.96. The lowest BCUT2D eigenvalue weighted by Crippen LogP contribution is -2.52. The fraction of sp³-hybridized carbons (Fsp3) is 0.435. The Morgan fingerprint density at radius 3 is 2.43 bits per heavy atom. The lowest BCUT2D eigenvalue weighted by molar-refractivity contribution is 0.114. The number of rotatable bonds is 5. The minimum absolute atomic E-state index is 0. The summed E-state index contributed by atoms with van der Waals surface area (Å²) >= 11 is 0. The fourth-order valence-corrected chi connectivity index (χ4v) is 4.68. The van der Waals surface area contributed by atoms with Crippen LogP contribution in [0.5, 0.6) is 5.75 Å². The normalized spacial score (nSPS) is 23.7. The van der Waals surface area contributed by atoms with Crippen LogP contribution in [0.3, 0.4) is 0 Å². The quantitative estimate of drug-likeness (QED) is 0.315. The zero-order valence-electron chi connectivity index (χ0n) is 17.2. The summed E-state index contributed by atoms with van der Waals surface area (Å²) in [7, 11) is 1.76. The maximum absolute atomic E-state index is 13.5. The minimum atomic E-state index is -0.602. The van der Waals surface area contributed by atoms with E-state index in [0.29, 0.717) is 24.7 Å². The number of piperidine rings is 1. The predicted molar refractivity (Wildman–Crippen MR) is 129 cm³/mol. The second-order valence-electron chi connectivity index (χ2n) is 8.07. The number of benzene rings is 2. The molecule has 2 saturated heterocycles. The molecule has 5 nitrogen and oxygen atoms in total. The number of nitrogens with one attached hydrogen (secondary N) is 2. The zero-order valence-corrected chi connectivity index (χ0v) is 19.6. The molecule has 2 aromatic carbocycles. The van der Waals surface area contributed by atoms with Gasteiger partial charge in [-0.3, -0.25) is 9.89 Å². The first-order chi connectivity index (χ1) is 14.1. The molecule has 0 radical (unpaired) electrons. The summed E-state index contributed by atoms with van der Waals surface area (Å²) in [6.07, 6.45) is 4.73. The first kappa shape index (κ1) is 22.8. The largest absolute Gasteiger partial charge is 0.505 e. The van der Waals surface area contributed by atoms with E-state index in [-0.39, 0.29) is 29.7 Å². The van der Waals surface area contributed by atoms with E-state index in [0.717, 1.165) is 30.9 Å². The van der Waals surface area contributed by atoms with Crippen molar-refractivity contribution in [3.63, 3.8) is 0 Å². The van der Waals surface area contributed by atoms with E-state index in [9.17, 15) is 9.50 Å². The van der Waals surface area contributed by atoms with Crippen molar-refractivity contribution in [3.8, 4) is 5.75 Å². The Labute approximate surface area is 194 Å². The standard InChI is InChI=1S/C23H29FN4O.HI/c1-25-23(26-14-17-7-10-22(29)21(24)11-17)27-18-12-19-8-9-20(13-18)28(19)15-16-5-3-2-4-6-16;/h2-7,10-11,18-20,29H,8-9,12-15H2,1H3,(H2,25,26,27);1H. The molecule has 0 aliphatic carbocycles. The highest BCUT2D eigenvalue weighted by atomic mass is 127. The van der Waals surface area contributed by atoms with Gasteiger partial charge in [0.2, 0.25) is 0 Å². The number of fused-ring (bicyclic) bond motifs is 2. The topological polar surface area (TPSA) is 59.9 Å². The van der Waals surface area contributed by atoms with Crippen molar-refractivity contribution in [2.75, 3.05) is 7.05 Å². The van der Waals surface area contributed by atoms with Crippen LogP contribution in [0.2, 0.25) is 0 Å². The number of aliphatic imine (C=N–C) groups is 1. The third-order valence-corrected chi connectivity index (χ3v) is 6.13. The van der Waals surface area contributed by atoms with Crippen LogP contribution in [0.1, 0.15) is 36.8 Å². The minimum Gasteiger partial charge on any atom is -0.505 e. The number of guanidine groups is 1. The Morgan fingerprint density at radius 2 is 1.80 bits per heavy atom. The van der Waals surface area contributed by atoms with Gasteiger partial charge >= 0.3 is 0 Å². The molecule has 7 heteroatoms. The van der Waals surface area contributed by atoms with Gasteiger partial charge in [-0.1, -0.05) is 36.4 Å². The van der Waals surface area contributed by atoms with E-state index >= 15 is 0 Å². The summed E-state index contributed by atoms with van der Waals surface area (Å²) in [4.78, 5) is 7.00. The first-order valence-corrected chi connectivity index (χ1v) is 10.4.